The molecule has 3 heterocycles. The summed E-state index contributed by atoms with van der Waals surface area (Å²) < 4.78 is 4.68. The zero-order valence-corrected chi connectivity index (χ0v) is 16.5. The number of aromatic amines is 2. The number of aromatic nitrogens is 4. The summed E-state index contributed by atoms with van der Waals surface area (Å²) in [6.45, 7) is 2.01. The second-order valence-corrected chi connectivity index (χ2v) is 7.18. The van der Waals surface area contributed by atoms with Crippen molar-refractivity contribution in [3.05, 3.63) is 64.9 Å². The van der Waals surface area contributed by atoms with E-state index in [1.54, 1.807) is 23.7 Å². The zero-order valence-electron chi connectivity index (χ0n) is 15.6. The SMILES string of the molecule is COC(=O)c1cc(-c2csc(NC(=O)c3cc(-c4ccc(C)cc4)n[nH]3)n2)c[nH]1. The van der Waals surface area contributed by atoms with Gasteiger partial charge in [0.05, 0.1) is 18.5 Å². The number of methoxy groups -OCH3 is 1. The molecular formula is C20H17N5O3S. The second kappa shape index (κ2) is 7.72. The Kier molecular flexibility index (Phi) is 4.96. The van der Waals surface area contributed by atoms with Crippen LogP contribution in [0.2, 0.25) is 0 Å². The summed E-state index contributed by atoms with van der Waals surface area (Å²) in [5.41, 5.74) is 4.82. The topological polar surface area (TPSA) is 113 Å². The largest absolute Gasteiger partial charge is 0.464 e. The van der Waals surface area contributed by atoms with Gasteiger partial charge < -0.3 is 9.72 Å². The first-order valence-corrected chi connectivity index (χ1v) is 9.58. The number of hydrogen-bond acceptors (Lipinski definition) is 6. The highest BCUT2D eigenvalue weighted by atomic mass is 32.1. The first-order valence-electron chi connectivity index (χ1n) is 8.70. The standard InChI is InChI=1S/C20H17N5O3S/c1-11-3-5-12(6-4-11)14-8-15(25-24-14)18(26)23-20-22-17(10-29-20)13-7-16(21-9-13)19(27)28-2/h3-10,21H,1-2H3,(H,24,25)(H,22,23,26). The molecule has 3 N–H and O–H groups in total. The molecule has 0 spiro atoms. The fraction of sp³-hybridized carbons (Fsp3) is 0.100. The molecule has 0 bridgehead atoms. The molecule has 4 rings (SSSR count). The number of amides is 1. The van der Waals surface area contributed by atoms with E-state index in [9.17, 15) is 9.59 Å². The Morgan fingerprint density at radius 3 is 2.62 bits per heavy atom. The summed E-state index contributed by atoms with van der Waals surface area (Å²) in [7, 11) is 1.32. The molecule has 0 saturated heterocycles. The van der Waals surface area contributed by atoms with Crippen molar-refractivity contribution in [2.75, 3.05) is 12.4 Å². The lowest BCUT2D eigenvalue weighted by Crippen LogP contribution is -2.12. The normalized spacial score (nSPS) is 10.7. The van der Waals surface area contributed by atoms with Gasteiger partial charge in [0.15, 0.2) is 5.13 Å². The van der Waals surface area contributed by atoms with Crippen LogP contribution >= 0.6 is 11.3 Å². The van der Waals surface area contributed by atoms with Crippen molar-refractivity contribution in [3.63, 3.8) is 0 Å². The molecule has 0 fully saturated rings. The van der Waals surface area contributed by atoms with E-state index in [-0.39, 0.29) is 5.91 Å². The Labute approximate surface area is 170 Å². The van der Waals surface area contributed by atoms with Crippen LogP contribution in [0.4, 0.5) is 5.13 Å². The number of nitrogens with one attached hydrogen (secondary N) is 3. The molecule has 1 aromatic carbocycles. The minimum absolute atomic E-state index is 0.332. The number of nitrogens with zero attached hydrogens (tertiary/aromatic N) is 2. The molecule has 0 saturated carbocycles. The van der Waals surface area contributed by atoms with Crippen molar-refractivity contribution in [1.82, 2.24) is 20.2 Å². The number of H-pyrrole nitrogens is 2. The monoisotopic (exact) mass is 407 g/mol. The number of esters is 1. The maximum atomic E-state index is 12.5. The molecule has 9 heteroatoms. The van der Waals surface area contributed by atoms with Gasteiger partial charge in [-0.2, -0.15) is 5.10 Å². The number of carbonyl (C=O) groups excluding carboxylic acids is 2. The molecule has 8 nitrogen and oxygen atoms in total. The van der Waals surface area contributed by atoms with E-state index in [2.05, 4.69) is 30.2 Å². The first kappa shape index (κ1) is 18.6. The van der Waals surface area contributed by atoms with Gasteiger partial charge in [-0.15, -0.1) is 11.3 Å². The highest BCUT2D eigenvalue weighted by Crippen LogP contribution is 2.26. The average Bonchev–Trinajstić information content (AvgIpc) is 3.47. The van der Waals surface area contributed by atoms with Crippen LogP contribution in [0.15, 0.2) is 48.0 Å². The molecule has 3 aromatic heterocycles. The van der Waals surface area contributed by atoms with Crippen molar-refractivity contribution in [3.8, 4) is 22.5 Å². The third kappa shape index (κ3) is 3.94. The molecule has 146 valence electrons. The van der Waals surface area contributed by atoms with Gasteiger partial charge in [0, 0.05) is 22.7 Å². The Morgan fingerprint density at radius 2 is 1.86 bits per heavy atom. The number of rotatable bonds is 5. The van der Waals surface area contributed by atoms with Crippen molar-refractivity contribution in [1.29, 1.82) is 0 Å². The van der Waals surface area contributed by atoms with Gasteiger partial charge in [-0.25, -0.2) is 9.78 Å². The molecule has 0 radical (unpaired) electrons. The molecule has 1 amide bonds. The van der Waals surface area contributed by atoms with Crippen molar-refractivity contribution in [2.24, 2.45) is 0 Å². The van der Waals surface area contributed by atoms with E-state index in [1.165, 1.54) is 18.4 Å². The summed E-state index contributed by atoms with van der Waals surface area (Å²) >= 11 is 1.29. The molecule has 0 unspecified atom stereocenters. The molecular weight excluding hydrogens is 390 g/mol. The van der Waals surface area contributed by atoms with Crippen LogP contribution in [0.3, 0.4) is 0 Å². The van der Waals surface area contributed by atoms with Gasteiger partial charge in [0.25, 0.3) is 5.91 Å². The number of anilines is 1. The van der Waals surface area contributed by atoms with Crippen LogP contribution in [0.25, 0.3) is 22.5 Å². The predicted molar refractivity (Wildman–Crippen MR) is 110 cm³/mol. The Bertz CT molecular complexity index is 1170. The fourth-order valence-electron chi connectivity index (χ4n) is 2.71. The van der Waals surface area contributed by atoms with Crippen LogP contribution in [-0.4, -0.2) is 39.2 Å². The van der Waals surface area contributed by atoms with Crippen LogP contribution in [0, 0.1) is 6.92 Å². The summed E-state index contributed by atoms with van der Waals surface area (Å²) in [4.78, 5) is 31.3. The van der Waals surface area contributed by atoms with Crippen LogP contribution < -0.4 is 5.32 Å². The van der Waals surface area contributed by atoms with E-state index in [4.69, 9.17) is 0 Å². The van der Waals surface area contributed by atoms with Gasteiger partial charge in [-0.05, 0) is 19.1 Å². The van der Waals surface area contributed by atoms with E-state index < -0.39 is 5.97 Å². The maximum absolute atomic E-state index is 12.5. The summed E-state index contributed by atoms with van der Waals surface area (Å²) in [5, 5.41) is 12.0. The van der Waals surface area contributed by atoms with Gasteiger partial charge in [-0.1, -0.05) is 29.8 Å². The van der Waals surface area contributed by atoms with Crippen molar-refractivity contribution in [2.45, 2.75) is 6.92 Å². The minimum Gasteiger partial charge on any atom is -0.464 e. The Hall–Kier alpha value is -3.72. The zero-order chi connectivity index (χ0) is 20.4. The van der Waals surface area contributed by atoms with Crippen molar-refractivity contribution >= 4 is 28.3 Å². The molecule has 0 aliphatic rings. The molecule has 0 aliphatic heterocycles. The van der Waals surface area contributed by atoms with Gasteiger partial charge in [-0.3, -0.25) is 15.2 Å². The highest BCUT2D eigenvalue weighted by molar-refractivity contribution is 7.14. The molecule has 4 aromatic rings. The molecule has 29 heavy (non-hydrogen) atoms. The van der Waals surface area contributed by atoms with Crippen LogP contribution in [-0.2, 0) is 4.74 Å². The number of ether oxygens (including phenoxy) is 1. The molecule has 0 atom stereocenters. The lowest BCUT2D eigenvalue weighted by atomic mass is 10.1. The minimum atomic E-state index is -0.455. The summed E-state index contributed by atoms with van der Waals surface area (Å²) in [5.74, 6) is -0.787. The van der Waals surface area contributed by atoms with Crippen LogP contribution in [0.1, 0.15) is 26.5 Å². The van der Waals surface area contributed by atoms with Gasteiger partial charge in [0.2, 0.25) is 0 Å². The highest BCUT2D eigenvalue weighted by Gasteiger charge is 2.15. The Balaban J connectivity index is 1.46. The average molecular weight is 407 g/mol. The maximum Gasteiger partial charge on any atom is 0.354 e. The number of aryl methyl sites for hydroxylation is 1. The van der Waals surface area contributed by atoms with Crippen LogP contribution in [0.5, 0.6) is 0 Å². The number of thiazole rings is 1. The fourth-order valence-corrected chi connectivity index (χ4v) is 3.42. The quantitative estimate of drug-likeness (QED) is 0.435. The lowest BCUT2D eigenvalue weighted by molar-refractivity contribution is 0.0594. The number of hydrogen-bond donors (Lipinski definition) is 3. The third-order valence-electron chi connectivity index (χ3n) is 4.28. The second-order valence-electron chi connectivity index (χ2n) is 6.32. The van der Waals surface area contributed by atoms with E-state index in [0.717, 1.165) is 16.7 Å². The Morgan fingerprint density at radius 1 is 1.07 bits per heavy atom. The van der Waals surface area contributed by atoms with Gasteiger partial charge >= 0.3 is 5.97 Å². The summed E-state index contributed by atoms with van der Waals surface area (Å²) in [6, 6.07) is 11.2. The van der Waals surface area contributed by atoms with E-state index in [0.29, 0.717) is 27.9 Å². The third-order valence-corrected chi connectivity index (χ3v) is 5.04. The van der Waals surface area contributed by atoms with E-state index in [1.807, 2.05) is 31.2 Å². The smallest absolute Gasteiger partial charge is 0.354 e. The first-order chi connectivity index (χ1) is 14.0. The molecule has 0 aliphatic carbocycles. The summed E-state index contributed by atoms with van der Waals surface area (Å²) in [6.07, 6.45) is 1.66. The predicted octanol–water partition coefficient (Wildman–Crippen LogP) is 3.88. The lowest BCUT2D eigenvalue weighted by Gasteiger charge is -1.98. The number of benzene rings is 1. The van der Waals surface area contributed by atoms with Gasteiger partial charge in [0.1, 0.15) is 11.4 Å². The number of carbonyl (C=O) groups is 2. The van der Waals surface area contributed by atoms with Crippen molar-refractivity contribution < 1.29 is 14.3 Å². The van der Waals surface area contributed by atoms with E-state index >= 15 is 0 Å².